The van der Waals surface area contributed by atoms with E-state index < -0.39 is 22.0 Å². The molecule has 0 saturated carbocycles. The highest BCUT2D eigenvalue weighted by Gasteiger charge is 2.35. The molecular formula is C18H18Cl2N2O4S. The third kappa shape index (κ3) is 4.48. The van der Waals surface area contributed by atoms with Crippen LogP contribution in [0, 0.1) is 6.92 Å². The van der Waals surface area contributed by atoms with Crippen molar-refractivity contribution in [2.45, 2.75) is 19.6 Å². The van der Waals surface area contributed by atoms with Gasteiger partial charge in [-0.1, -0.05) is 35.3 Å². The zero-order chi connectivity index (χ0) is 19.8. The first-order chi connectivity index (χ1) is 12.6. The average Bonchev–Trinajstić information content (AvgIpc) is 2.59. The smallest absolute Gasteiger partial charge is 0.263 e. The summed E-state index contributed by atoms with van der Waals surface area (Å²) in [5, 5.41) is 3.67. The minimum atomic E-state index is -3.56. The minimum Gasteiger partial charge on any atom is -0.476 e. The van der Waals surface area contributed by atoms with Crippen LogP contribution in [0.3, 0.4) is 0 Å². The Balaban J connectivity index is 1.78. The molecule has 1 N–H and O–H groups in total. The minimum absolute atomic E-state index is 0.102. The number of ether oxygens (including phenoxy) is 1. The zero-order valence-electron chi connectivity index (χ0n) is 14.7. The zero-order valence-corrected chi connectivity index (χ0v) is 17.0. The van der Waals surface area contributed by atoms with Crippen LogP contribution in [0.4, 0.5) is 5.69 Å². The lowest BCUT2D eigenvalue weighted by atomic mass is 10.1. The third-order valence-electron chi connectivity index (χ3n) is 4.14. The van der Waals surface area contributed by atoms with Gasteiger partial charge < -0.3 is 10.1 Å². The largest absolute Gasteiger partial charge is 0.476 e. The molecule has 0 bridgehead atoms. The van der Waals surface area contributed by atoms with Gasteiger partial charge in [0.25, 0.3) is 5.91 Å². The fourth-order valence-corrected chi connectivity index (χ4v) is 4.15. The Bertz CT molecular complexity index is 995. The second kappa shape index (κ2) is 7.58. The van der Waals surface area contributed by atoms with Gasteiger partial charge in [-0.3, -0.25) is 9.10 Å². The van der Waals surface area contributed by atoms with E-state index >= 15 is 0 Å². The summed E-state index contributed by atoms with van der Waals surface area (Å²) < 4.78 is 31.3. The van der Waals surface area contributed by atoms with Gasteiger partial charge in [-0.25, -0.2) is 8.42 Å². The van der Waals surface area contributed by atoms with Crippen LogP contribution in [-0.4, -0.2) is 33.2 Å². The van der Waals surface area contributed by atoms with Gasteiger partial charge >= 0.3 is 0 Å². The summed E-state index contributed by atoms with van der Waals surface area (Å²) in [5.74, 6) is -0.0807. The second-order valence-electron chi connectivity index (χ2n) is 6.33. The molecule has 2 aromatic rings. The monoisotopic (exact) mass is 428 g/mol. The van der Waals surface area contributed by atoms with E-state index in [0.29, 0.717) is 27.0 Å². The molecule has 144 valence electrons. The lowest BCUT2D eigenvalue weighted by molar-refractivity contribution is -0.127. The van der Waals surface area contributed by atoms with Gasteiger partial charge in [0.05, 0.1) is 18.5 Å². The number of nitrogens with one attached hydrogen (secondary N) is 1. The lowest BCUT2D eigenvalue weighted by Gasteiger charge is -2.34. The molecule has 0 aromatic heterocycles. The van der Waals surface area contributed by atoms with E-state index in [0.717, 1.165) is 11.8 Å². The van der Waals surface area contributed by atoms with Gasteiger partial charge in [0, 0.05) is 16.6 Å². The molecule has 1 aliphatic heterocycles. The Kier molecular flexibility index (Phi) is 5.55. The molecule has 3 rings (SSSR count). The summed E-state index contributed by atoms with van der Waals surface area (Å²) in [4.78, 5) is 12.6. The fourth-order valence-electron chi connectivity index (χ4n) is 2.77. The lowest BCUT2D eigenvalue weighted by Crippen LogP contribution is -2.50. The fraction of sp³-hybridized carbons (Fsp3) is 0.278. The first-order valence-electron chi connectivity index (χ1n) is 8.12. The van der Waals surface area contributed by atoms with Gasteiger partial charge in [0.2, 0.25) is 10.0 Å². The highest BCUT2D eigenvalue weighted by molar-refractivity contribution is 7.92. The number of halogens is 2. The molecule has 6 nitrogen and oxygen atoms in total. The van der Waals surface area contributed by atoms with Gasteiger partial charge in [0.1, 0.15) is 5.75 Å². The summed E-state index contributed by atoms with van der Waals surface area (Å²) in [5.41, 5.74) is 2.02. The van der Waals surface area contributed by atoms with Gasteiger partial charge in [-0.2, -0.15) is 0 Å². The van der Waals surface area contributed by atoms with Crippen molar-refractivity contribution in [1.29, 1.82) is 0 Å². The predicted octanol–water partition coefficient (Wildman–Crippen LogP) is 3.15. The molecule has 2 aromatic carbocycles. The van der Waals surface area contributed by atoms with Gasteiger partial charge in [-0.05, 0) is 42.3 Å². The maximum absolute atomic E-state index is 12.6. The summed E-state index contributed by atoms with van der Waals surface area (Å²) >= 11 is 12.0. The van der Waals surface area contributed by atoms with Crippen molar-refractivity contribution in [2.24, 2.45) is 0 Å². The number of rotatable bonds is 4. The highest BCUT2D eigenvalue weighted by atomic mass is 35.5. The van der Waals surface area contributed by atoms with E-state index in [-0.39, 0.29) is 13.1 Å². The van der Waals surface area contributed by atoms with Crippen LogP contribution in [0.2, 0.25) is 10.0 Å². The standard InChI is InChI=1S/C18H18Cl2N2O4S/c1-11-3-6-16-15(7-11)22(27(2,24)25)10-17(26-16)18(23)21-9-12-4-5-13(19)8-14(12)20/h3-8,17H,9-10H2,1-2H3,(H,21,23). The predicted molar refractivity (Wildman–Crippen MR) is 106 cm³/mol. The van der Waals surface area contributed by atoms with Crippen molar-refractivity contribution >= 4 is 44.8 Å². The maximum Gasteiger partial charge on any atom is 0.263 e. The molecule has 1 heterocycles. The Morgan fingerprint density at radius 1 is 1.26 bits per heavy atom. The van der Waals surface area contributed by atoms with E-state index in [1.165, 1.54) is 4.31 Å². The van der Waals surface area contributed by atoms with Crippen molar-refractivity contribution in [3.05, 3.63) is 57.6 Å². The van der Waals surface area contributed by atoms with Gasteiger partial charge in [0.15, 0.2) is 6.10 Å². The molecule has 27 heavy (non-hydrogen) atoms. The van der Waals surface area contributed by atoms with E-state index in [9.17, 15) is 13.2 Å². The summed E-state index contributed by atoms with van der Waals surface area (Å²) in [6.45, 7) is 1.93. The average molecular weight is 429 g/mol. The number of carbonyl (C=O) groups excluding carboxylic acids is 1. The maximum atomic E-state index is 12.6. The Labute approximate surface area is 168 Å². The Hall–Kier alpha value is -1.96. The molecule has 0 spiro atoms. The number of fused-ring (bicyclic) bond motifs is 1. The number of benzene rings is 2. The number of aryl methyl sites for hydroxylation is 1. The molecule has 1 amide bonds. The molecule has 0 saturated heterocycles. The van der Waals surface area contributed by atoms with E-state index in [4.69, 9.17) is 27.9 Å². The van der Waals surface area contributed by atoms with Crippen LogP contribution in [0.1, 0.15) is 11.1 Å². The Morgan fingerprint density at radius 3 is 2.67 bits per heavy atom. The van der Waals surface area contributed by atoms with Crippen molar-refractivity contribution in [3.63, 3.8) is 0 Å². The van der Waals surface area contributed by atoms with Crippen molar-refractivity contribution in [1.82, 2.24) is 5.32 Å². The topological polar surface area (TPSA) is 75.7 Å². The number of sulfonamides is 1. The number of hydrogen-bond acceptors (Lipinski definition) is 4. The highest BCUT2D eigenvalue weighted by Crippen LogP contribution is 2.35. The van der Waals surface area contributed by atoms with Gasteiger partial charge in [-0.15, -0.1) is 0 Å². The van der Waals surface area contributed by atoms with Crippen LogP contribution in [0.25, 0.3) is 0 Å². The van der Waals surface area contributed by atoms with E-state index in [2.05, 4.69) is 5.32 Å². The van der Waals surface area contributed by atoms with Crippen molar-refractivity contribution in [2.75, 3.05) is 17.1 Å². The van der Waals surface area contributed by atoms with Crippen LogP contribution >= 0.6 is 23.2 Å². The molecular weight excluding hydrogens is 411 g/mol. The van der Waals surface area contributed by atoms with Crippen molar-refractivity contribution < 1.29 is 17.9 Å². The number of anilines is 1. The number of carbonyl (C=O) groups is 1. The molecule has 0 fully saturated rings. The molecule has 0 aliphatic carbocycles. The number of amides is 1. The summed E-state index contributed by atoms with van der Waals surface area (Å²) in [6.07, 6.45) is 0.133. The third-order valence-corrected chi connectivity index (χ3v) is 5.88. The molecule has 0 radical (unpaired) electrons. The van der Waals surface area contributed by atoms with Crippen molar-refractivity contribution in [3.8, 4) is 5.75 Å². The quantitative estimate of drug-likeness (QED) is 0.811. The van der Waals surface area contributed by atoms with Crippen LogP contribution in [0.15, 0.2) is 36.4 Å². The molecule has 1 aliphatic rings. The van der Waals surface area contributed by atoms with Crippen LogP contribution in [0.5, 0.6) is 5.75 Å². The normalized spacial score (nSPS) is 16.4. The SMILES string of the molecule is Cc1ccc2c(c1)N(S(C)(=O)=O)CC(C(=O)NCc1ccc(Cl)cc1Cl)O2. The Morgan fingerprint density at radius 2 is 2.00 bits per heavy atom. The molecule has 1 unspecified atom stereocenters. The van der Waals surface area contributed by atoms with E-state index in [1.807, 2.05) is 6.92 Å². The summed E-state index contributed by atoms with van der Waals surface area (Å²) in [7, 11) is -3.56. The molecule has 1 atom stereocenters. The first-order valence-corrected chi connectivity index (χ1v) is 10.7. The second-order valence-corrected chi connectivity index (χ2v) is 9.08. The number of hydrogen-bond donors (Lipinski definition) is 1. The van der Waals surface area contributed by atoms with Crippen LogP contribution < -0.4 is 14.4 Å². The van der Waals surface area contributed by atoms with E-state index in [1.54, 1.807) is 36.4 Å². The summed E-state index contributed by atoms with van der Waals surface area (Å²) in [6, 6.07) is 10.2. The molecule has 9 heteroatoms. The first kappa shape index (κ1) is 19.8. The van der Waals surface area contributed by atoms with Crippen LogP contribution in [-0.2, 0) is 21.4 Å². The number of nitrogens with zero attached hydrogens (tertiary/aromatic N) is 1.